The maximum absolute atomic E-state index is 12.1. The van der Waals surface area contributed by atoms with Crippen LogP contribution in [0.1, 0.15) is 18.4 Å². The number of aromatic amines is 1. The van der Waals surface area contributed by atoms with E-state index in [1.807, 2.05) is 11.1 Å². The number of nitrogens with zero attached hydrogens (tertiary/aromatic N) is 2. The second-order valence-electron chi connectivity index (χ2n) is 6.98. The predicted molar refractivity (Wildman–Crippen MR) is 89.5 cm³/mol. The average molecular weight is 313 g/mol. The van der Waals surface area contributed by atoms with Crippen molar-refractivity contribution in [3.63, 3.8) is 0 Å². The van der Waals surface area contributed by atoms with E-state index in [1.165, 1.54) is 10.9 Å². The lowest BCUT2D eigenvalue weighted by atomic mass is 9.84. The molecule has 0 spiro atoms. The van der Waals surface area contributed by atoms with Crippen molar-refractivity contribution in [3.05, 3.63) is 36.0 Å². The van der Waals surface area contributed by atoms with Gasteiger partial charge in [-0.15, -0.1) is 0 Å². The Hall–Kier alpha value is -2.01. The summed E-state index contributed by atoms with van der Waals surface area (Å²) in [6.45, 7) is 0.507. The fraction of sp³-hybridized carbons (Fsp3) is 0.500. The summed E-state index contributed by atoms with van der Waals surface area (Å²) in [5.41, 5.74) is 2.41. The first-order valence-electron chi connectivity index (χ1n) is 8.29. The van der Waals surface area contributed by atoms with E-state index >= 15 is 0 Å². The van der Waals surface area contributed by atoms with Gasteiger partial charge in [0.15, 0.2) is 0 Å². The summed E-state index contributed by atoms with van der Waals surface area (Å²) in [6, 6.07) is 9.62. The van der Waals surface area contributed by atoms with Crippen LogP contribution in [-0.2, 0) is 11.2 Å². The Morgan fingerprint density at radius 3 is 2.91 bits per heavy atom. The Labute approximate surface area is 136 Å². The maximum atomic E-state index is 12.1. The lowest BCUT2D eigenvalue weighted by Crippen LogP contribution is -2.55. The van der Waals surface area contributed by atoms with E-state index in [0.717, 1.165) is 24.8 Å². The molecule has 1 aliphatic carbocycles. The maximum Gasteiger partial charge on any atom is 0.410 e. The summed E-state index contributed by atoms with van der Waals surface area (Å²) in [4.78, 5) is 19.6. The Kier molecular flexibility index (Phi) is 3.53. The fourth-order valence-corrected chi connectivity index (χ4v) is 3.79. The van der Waals surface area contributed by atoms with Crippen molar-refractivity contribution in [3.8, 4) is 0 Å². The number of H-pyrrole nitrogens is 1. The summed E-state index contributed by atoms with van der Waals surface area (Å²) in [7, 11) is 4.21. The zero-order valence-electron chi connectivity index (χ0n) is 13.7. The number of fused-ring (bicyclic) bond motifs is 1. The fourth-order valence-electron chi connectivity index (χ4n) is 3.79. The number of carbonyl (C=O) groups excluding carboxylic acids is 1. The van der Waals surface area contributed by atoms with E-state index in [9.17, 15) is 4.79 Å². The molecule has 0 unspecified atom stereocenters. The Bertz CT molecular complexity index is 718. The highest BCUT2D eigenvalue weighted by atomic mass is 16.6. The third kappa shape index (κ3) is 2.59. The van der Waals surface area contributed by atoms with Crippen molar-refractivity contribution in [1.82, 2.24) is 14.8 Å². The molecular weight excluding hydrogens is 290 g/mol. The van der Waals surface area contributed by atoms with Gasteiger partial charge in [-0.05, 0) is 62.5 Å². The van der Waals surface area contributed by atoms with Gasteiger partial charge in [-0.3, -0.25) is 4.90 Å². The normalized spacial score (nSPS) is 27.5. The van der Waals surface area contributed by atoms with Gasteiger partial charge in [-0.1, -0.05) is 6.07 Å². The van der Waals surface area contributed by atoms with Crippen LogP contribution in [-0.4, -0.2) is 59.7 Å². The van der Waals surface area contributed by atoms with Crippen molar-refractivity contribution in [1.29, 1.82) is 0 Å². The van der Waals surface area contributed by atoms with Gasteiger partial charge in [0.25, 0.3) is 0 Å². The van der Waals surface area contributed by atoms with Gasteiger partial charge in [0.1, 0.15) is 6.61 Å². The number of hydrogen-bond donors (Lipinski definition) is 1. The van der Waals surface area contributed by atoms with Crippen LogP contribution in [0.3, 0.4) is 0 Å². The van der Waals surface area contributed by atoms with Crippen molar-refractivity contribution in [2.24, 2.45) is 0 Å². The Morgan fingerprint density at radius 1 is 1.30 bits per heavy atom. The number of benzene rings is 1. The highest BCUT2D eigenvalue weighted by molar-refractivity contribution is 5.80. The van der Waals surface area contributed by atoms with Gasteiger partial charge in [0.2, 0.25) is 0 Å². The number of rotatable bonds is 4. The highest BCUT2D eigenvalue weighted by Crippen LogP contribution is 2.33. The van der Waals surface area contributed by atoms with E-state index in [4.69, 9.17) is 4.74 Å². The molecule has 1 saturated heterocycles. The molecule has 2 fully saturated rings. The number of amides is 1. The van der Waals surface area contributed by atoms with Crippen LogP contribution < -0.4 is 0 Å². The first-order chi connectivity index (χ1) is 11.1. The van der Waals surface area contributed by atoms with Crippen molar-refractivity contribution >= 4 is 17.0 Å². The summed E-state index contributed by atoms with van der Waals surface area (Å²) in [6.07, 6.45) is 4.78. The SMILES string of the molecule is CN(C)[C@H]1C[C@H](N2C(=O)OC[C@@H]2Cc2ccc3[nH]ccc3c2)C1. The van der Waals surface area contributed by atoms with Gasteiger partial charge >= 0.3 is 6.09 Å². The molecule has 23 heavy (non-hydrogen) atoms. The van der Waals surface area contributed by atoms with Crippen molar-refractivity contribution in [2.45, 2.75) is 37.4 Å². The second kappa shape index (κ2) is 5.57. The number of hydrogen-bond acceptors (Lipinski definition) is 3. The molecule has 1 atom stereocenters. The Balaban J connectivity index is 1.48. The molecule has 2 aromatic rings. The zero-order valence-corrected chi connectivity index (χ0v) is 13.7. The summed E-state index contributed by atoms with van der Waals surface area (Å²) in [5, 5.41) is 1.22. The molecule has 1 amide bonds. The molecule has 5 nitrogen and oxygen atoms in total. The number of nitrogens with one attached hydrogen (secondary N) is 1. The van der Waals surface area contributed by atoms with Crippen LogP contribution in [0, 0.1) is 0 Å². The minimum atomic E-state index is -0.139. The lowest BCUT2D eigenvalue weighted by Gasteiger charge is -2.44. The van der Waals surface area contributed by atoms with Gasteiger partial charge in [-0.25, -0.2) is 4.79 Å². The van der Waals surface area contributed by atoms with Gasteiger partial charge < -0.3 is 14.6 Å². The minimum absolute atomic E-state index is 0.139. The predicted octanol–water partition coefficient (Wildman–Crippen LogP) is 2.62. The first kappa shape index (κ1) is 14.6. The van der Waals surface area contributed by atoms with Crippen LogP contribution in [0.2, 0.25) is 0 Å². The van der Waals surface area contributed by atoms with E-state index < -0.39 is 0 Å². The van der Waals surface area contributed by atoms with Crippen LogP contribution in [0.25, 0.3) is 10.9 Å². The molecule has 1 saturated carbocycles. The first-order valence-corrected chi connectivity index (χ1v) is 8.29. The summed E-state index contributed by atoms with van der Waals surface area (Å²) < 4.78 is 5.34. The average Bonchev–Trinajstić information content (AvgIpc) is 3.06. The Morgan fingerprint density at radius 2 is 2.13 bits per heavy atom. The molecule has 2 heterocycles. The molecule has 122 valence electrons. The number of carbonyl (C=O) groups is 1. The minimum Gasteiger partial charge on any atom is -0.447 e. The van der Waals surface area contributed by atoms with Crippen LogP contribution >= 0.6 is 0 Å². The van der Waals surface area contributed by atoms with Crippen LogP contribution in [0.5, 0.6) is 0 Å². The molecule has 1 N–H and O–H groups in total. The number of ether oxygens (including phenoxy) is 1. The van der Waals surface area contributed by atoms with Gasteiger partial charge in [0, 0.05) is 23.8 Å². The molecule has 4 rings (SSSR count). The van der Waals surface area contributed by atoms with E-state index in [-0.39, 0.29) is 12.1 Å². The quantitative estimate of drug-likeness (QED) is 0.944. The van der Waals surface area contributed by atoms with Gasteiger partial charge in [0.05, 0.1) is 6.04 Å². The monoisotopic (exact) mass is 313 g/mol. The molecule has 1 aromatic carbocycles. The highest BCUT2D eigenvalue weighted by Gasteiger charge is 2.44. The second-order valence-corrected chi connectivity index (χ2v) is 6.98. The lowest BCUT2D eigenvalue weighted by molar-refractivity contribution is 0.0615. The van der Waals surface area contributed by atoms with Crippen LogP contribution in [0.15, 0.2) is 30.5 Å². The summed E-state index contributed by atoms with van der Waals surface area (Å²) in [5.74, 6) is 0. The number of aromatic nitrogens is 1. The molecule has 0 bridgehead atoms. The third-order valence-corrected chi connectivity index (χ3v) is 5.30. The van der Waals surface area contributed by atoms with E-state index in [2.05, 4.69) is 48.2 Å². The smallest absolute Gasteiger partial charge is 0.410 e. The topological polar surface area (TPSA) is 48.6 Å². The van der Waals surface area contributed by atoms with Crippen molar-refractivity contribution < 1.29 is 9.53 Å². The molecule has 5 heteroatoms. The number of cyclic esters (lactones) is 1. The third-order valence-electron chi connectivity index (χ3n) is 5.30. The molecular formula is C18H23N3O2. The largest absolute Gasteiger partial charge is 0.447 e. The summed E-state index contributed by atoms with van der Waals surface area (Å²) >= 11 is 0. The molecule has 1 aliphatic heterocycles. The molecule has 1 aromatic heterocycles. The molecule has 0 radical (unpaired) electrons. The van der Waals surface area contributed by atoms with Gasteiger partial charge in [-0.2, -0.15) is 0 Å². The van der Waals surface area contributed by atoms with Crippen LogP contribution in [0.4, 0.5) is 4.79 Å². The van der Waals surface area contributed by atoms with E-state index in [0.29, 0.717) is 18.7 Å². The van der Waals surface area contributed by atoms with E-state index in [1.54, 1.807) is 0 Å². The molecule has 2 aliphatic rings. The zero-order chi connectivity index (χ0) is 16.0. The van der Waals surface area contributed by atoms with Crippen molar-refractivity contribution in [2.75, 3.05) is 20.7 Å². The standard InChI is InChI=1S/C18H23N3O2/c1-20(2)14-9-15(10-14)21-16(11-23-18(21)22)8-12-3-4-17-13(7-12)5-6-19-17/h3-7,14-16,19H,8-11H2,1-2H3/t14-,15-,16-/m0/s1.